The molecular formula is C22H30ClN5O3. The maximum atomic E-state index is 13.4. The van der Waals surface area contributed by atoms with Gasteiger partial charge in [0.25, 0.3) is 11.8 Å². The van der Waals surface area contributed by atoms with Crippen LogP contribution in [-0.4, -0.2) is 78.3 Å². The lowest BCUT2D eigenvalue weighted by molar-refractivity contribution is -0.122. The highest BCUT2D eigenvalue weighted by atomic mass is 35.5. The average molecular weight is 448 g/mol. The number of amides is 2. The SMILES string of the molecule is CCn1cc(Cl)c(C(=O)N2CCN(C)CCCN(C(=O)COC)c3ccccc3C2)n1. The Hall–Kier alpha value is -2.42. The van der Waals surface area contributed by atoms with Crippen LogP contribution in [0.15, 0.2) is 30.5 Å². The number of rotatable bonds is 4. The van der Waals surface area contributed by atoms with Gasteiger partial charge in [-0.3, -0.25) is 14.3 Å². The molecule has 0 spiro atoms. The van der Waals surface area contributed by atoms with Gasteiger partial charge in [-0.15, -0.1) is 0 Å². The molecule has 0 saturated heterocycles. The monoisotopic (exact) mass is 447 g/mol. The summed E-state index contributed by atoms with van der Waals surface area (Å²) in [6.07, 6.45) is 2.49. The molecule has 2 heterocycles. The molecule has 9 heteroatoms. The highest BCUT2D eigenvalue weighted by molar-refractivity contribution is 6.33. The van der Waals surface area contributed by atoms with E-state index in [1.54, 1.807) is 20.7 Å². The zero-order chi connectivity index (χ0) is 22.4. The van der Waals surface area contributed by atoms with Crippen LogP contribution < -0.4 is 4.90 Å². The molecule has 8 nitrogen and oxygen atoms in total. The highest BCUT2D eigenvalue weighted by Crippen LogP contribution is 2.25. The zero-order valence-corrected chi connectivity index (χ0v) is 19.1. The number of benzene rings is 1. The second-order valence-corrected chi connectivity index (χ2v) is 8.08. The second-order valence-electron chi connectivity index (χ2n) is 7.67. The van der Waals surface area contributed by atoms with Gasteiger partial charge in [0.2, 0.25) is 0 Å². The first-order valence-corrected chi connectivity index (χ1v) is 10.9. The first-order chi connectivity index (χ1) is 14.9. The Bertz CT molecular complexity index is 916. The van der Waals surface area contributed by atoms with E-state index in [4.69, 9.17) is 16.3 Å². The Morgan fingerprint density at radius 3 is 2.65 bits per heavy atom. The third-order valence-corrected chi connectivity index (χ3v) is 5.69. The molecule has 1 aliphatic rings. The first kappa shape index (κ1) is 23.2. The molecular weight excluding hydrogens is 418 g/mol. The summed E-state index contributed by atoms with van der Waals surface area (Å²) in [7, 11) is 3.54. The minimum absolute atomic E-state index is 0.0108. The van der Waals surface area contributed by atoms with Crippen LogP contribution in [0, 0.1) is 0 Å². The summed E-state index contributed by atoms with van der Waals surface area (Å²) >= 11 is 6.32. The number of para-hydroxylation sites is 1. The van der Waals surface area contributed by atoms with Crippen LogP contribution >= 0.6 is 11.6 Å². The molecule has 31 heavy (non-hydrogen) atoms. The molecule has 0 unspecified atom stereocenters. The number of hydrogen-bond donors (Lipinski definition) is 0. The molecule has 0 fully saturated rings. The van der Waals surface area contributed by atoms with Gasteiger partial charge < -0.3 is 19.4 Å². The van der Waals surface area contributed by atoms with Gasteiger partial charge in [-0.05, 0) is 38.6 Å². The lowest BCUT2D eigenvalue weighted by Crippen LogP contribution is -2.37. The number of aryl methyl sites for hydroxylation is 1. The summed E-state index contributed by atoms with van der Waals surface area (Å²) in [4.78, 5) is 31.9. The van der Waals surface area contributed by atoms with Gasteiger partial charge in [-0.2, -0.15) is 5.10 Å². The van der Waals surface area contributed by atoms with Crippen molar-refractivity contribution in [2.75, 3.05) is 51.8 Å². The summed E-state index contributed by atoms with van der Waals surface area (Å²) < 4.78 is 6.76. The van der Waals surface area contributed by atoms with Crippen molar-refractivity contribution >= 4 is 29.1 Å². The lowest BCUT2D eigenvalue weighted by atomic mass is 10.1. The minimum Gasteiger partial charge on any atom is -0.375 e. The van der Waals surface area contributed by atoms with Crippen molar-refractivity contribution in [3.63, 3.8) is 0 Å². The predicted molar refractivity (Wildman–Crippen MR) is 120 cm³/mol. The minimum atomic E-state index is -0.214. The fourth-order valence-electron chi connectivity index (χ4n) is 3.70. The average Bonchev–Trinajstić information content (AvgIpc) is 3.13. The number of aromatic nitrogens is 2. The molecule has 0 N–H and O–H groups in total. The van der Waals surface area contributed by atoms with Gasteiger partial charge in [-0.25, -0.2) is 0 Å². The van der Waals surface area contributed by atoms with E-state index < -0.39 is 0 Å². The first-order valence-electron chi connectivity index (χ1n) is 10.5. The van der Waals surface area contributed by atoms with Crippen LogP contribution in [0.4, 0.5) is 5.69 Å². The molecule has 0 radical (unpaired) electrons. The van der Waals surface area contributed by atoms with E-state index in [0.29, 0.717) is 37.7 Å². The molecule has 1 aromatic carbocycles. The van der Waals surface area contributed by atoms with Gasteiger partial charge in [-0.1, -0.05) is 29.8 Å². The van der Waals surface area contributed by atoms with Crippen molar-refractivity contribution in [2.24, 2.45) is 0 Å². The Kier molecular flexibility index (Phi) is 8.06. The Labute approximate surface area is 188 Å². The van der Waals surface area contributed by atoms with E-state index >= 15 is 0 Å². The predicted octanol–water partition coefficient (Wildman–Crippen LogP) is 2.51. The van der Waals surface area contributed by atoms with Crippen molar-refractivity contribution in [1.82, 2.24) is 19.6 Å². The Balaban J connectivity index is 1.97. The molecule has 0 aliphatic carbocycles. The summed E-state index contributed by atoms with van der Waals surface area (Å²) in [6, 6.07) is 7.71. The van der Waals surface area contributed by atoms with Crippen LogP contribution in [-0.2, 0) is 22.6 Å². The van der Waals surface area contributed by atoms with Crippen LogP contribution in [0.25, 0.3) is 0 Å². The maximum Gasteiger partial charge on any atom is 0.276 e. The van der Waals surface area contributed by atoms with Crippen LogP contribution in [0.3, 0.4) is 0 Å². The third-order valence-electron chi connectivity index (χ3n) is 5.42. The largest absolute Gasteiger partial charge is 0.375 e. The van der Waals surface area contributed by atoms with Crippen LogP contribution in [0.5, 0.6) is 0 Å². The number of anilines is 1. The van der Waals surface area contributed by atoms with Gasteiger partial charge in [0.15, 0.2) is 5.69 Å². The molecule has 0 atom stereocenters. The normalized spacial score (nSPS) is 16.0. The highest BCUT2D eigenvalue weighted by Gasteiger charge is 2.26. The van der Waals surface area contributed by atoms with E-state index in [1.165, 1.54) is 7.11 Å². The number of ether oxygens (including phenoxy) is 1. The van der Waals surface area contributed by atoms with E-state index in [-0.39, 0.29) is 24.1 Å². The number of carbonyl (C=O) groups excluding carboxylic acids is 2. The molecule has 2 amide bonds. The van der Waals surface area contributed by atoms with E-state index in [0.717, 1.165) is 24.2 Å². The number of hydrogen-bond acceptors (Lipinski definition) is 5. The fourth-order valence-corrected chi connectivity index (χ4v) is 3.93. The quantitative estimate of drug-likeness (QED) is 0.720. The Morgan fingerprint density at radius 1 is 1.16 bits per heavy atom. The smallest absolute Gasteiger partial charge is 0.276 e. The third kappa shape index (κ3) is 5.64. The summed E-state index contributed by atoms with van der Waals surface area (Å²) in [5.74, 6) is -0.311. The van der Waals surface area contributed by atoms with Gasteiger partial charge in [0.05, 0.1) is 5.02 Å². The van der Waals surface area contributed by atoms with E-state index in [1.807, 2.05) is 38.2 Å². The molecule has 1 aliphatic heterocycles. The second kappa shape index (κ2) is 10.7. The number of fused-ring (bicyclic) bond motifs is 1. The molecule has 2 aromatic rings. The van der Waals surface area contributed by atoms with Gasteiger partial charge >= 0.3 is 0 Å². The van der Waals surface area contributed by atoms with Crippen LogP contribution in [0.1, 0.15) is 29.4 Å². The van der Waals surface area contributed by atoms with Gasteiger partial charge in [0.1, 0.15) is 6.61 Å². The number of methoxy groups -OCH3 is 1. The summed E-state index contributed by atoms with van der Waals surface area (Å²) in [5, 5.41) is 4.71. The number of halogens is 1. The molecule has 168 valence electrons. The fraction of sp³-hybridized carbons (Fsp3) is 0.500. The summed E-state index contributed by atoms with van der Waals surface area (Å²) in [6.45, 7) is 5.59. The maximum absolute atomic E-state index is 13.4. The van der Waals surface area contributed by atoms with E-state index in [9.17, 15) is 9.59 Å². The van der Waals surface area contributed by atoms with Crippen LogP contribution in [0.2, 0.25) is 5.02 Å². The van der Waals surface area contributed by atoms with Crippen molar-refractivity contribution < 1.29 is 14.3 Å². The number of nitrogens with zero attached hydrogens (tertiary/aromatic N) is 5. The topological polar surface area (TPSA) is 70.9 Å². The number of carbonyl (C=O) groups is 2. The Morgan fingerprint density at radius 2 is 1.94 bits per heavy atom. The van der Waals surface area contributed by atoms with Crippen molar-refractivity contribution in [3.05, 3.63) is 46.7 Å². The van der Waals surface area contributed by atoms with Crippen molar-refractivity contribution in [2.45, 2.75) is 26.4 Å². The zero-order valence-electron chi connectivity index (χ0n) is 18.4. The van der Waals surface area contributed by atoms with Crippen molar-refractivity contribution in [3.8, 4) is 0 Å². The summed E-state index contributed by atoms with van der Waals surface area (Å²) in [5.41, 5.74) is 1.96. The molecule has 1 aromatic heterocycles. The van der Waals surface area contributed by atoms with E-state index in [2.05, 4.69) is 10.00 Å². The number of likely N-dealkylation sites (N-methyl/N-ethyl adjacent to an activating group) is 1. The molecule has 0 bridgehead atoms. The van der Waals surface area contributed by atoms with Gasteiger partial charge in [0, 0.05) is 51.7 Å². The molecule has 0 saturated carbocycles. The van der Waals surface area contributed by atoms with Crippen molar-refractivity contribution in [1.29, 1.82) is 0 Å². The lowest BCUT2D eigenvalue weighted by Gasteiger charge is -2.27. The molecule has 3 rings (SSSR count). The standard InChI is InChI=1S/C22H30ClN5O3/c1-4-27-15-18(23)21(24-27)22(30)26-13-12-25(2)10-7-11-28(20(29)16-31-3)19-9-6-5-8-17(19)14-26/h5-6,8-9,15H,4,7,10-14,16H2,1-3H3.